The molecular formula is C7H11ClO3. The molecule has 11 heavy (non-hydrogen) atoms. The fraction of sp³-hybridized carbons (Fsp3) is 0.571. The van der Waals surface area contributed by atoms with E-state index < -0.39 is 11.6 Å². The minimum Gasteiger partial charge on any atom is -0.458 e. The summed E-state index contributed by atoms with van der Waals surface area (Å²) in [4.78, 5) is 10.6. The minimum absolute atomic E-state index is 0.0857. The summed E-state index contributed by atoms with van der Waals surface area (Å²) in [6.07, 6.45) is 0. The Morgan fingerprint density at radius 2 is 2.18 bits per heavy atom. The first-order valence-corrected chi connectivity index (χ1v) is 3.44. The maximum Gasteiger partial charge on any atom is 0.349 e. The first-order valence-electron chi connectivity index (χ1n) is 3.07. The maximum absolute atomic E-state index is 10.6. The van der Waals surface area contributed by atoms with Gasteiger partial charge < -0.3 is 9.84 Å². The molecule has 0 aromatic rings. The molecule has 0 fully saturated rings. The Labute approximate surface area is 70.6 Å². The van der Waals surface area contributed by atoms with E-state index >= 15 is 0 Å². The fourth-order valence-electron chi connectivity index (χ4n) is 0.320. The molecule has 0 spiro atoms. The highest BCUT2D eigenvalue weighted by molar-refractivity contribution is 6.40. The molecule has 64 valence electrons. The second kappa shape index (κ2) is 3.74. The molecule has 0 radical (unpaired) electrons. The molecule has 0 aromatic carbocycles. The van der Waals surface area contributed by atoms with Gasteiger partial charge >= 0.3 is 5.97 Å². The molecule has 0 aliphatic heterocycles. The summed E-state index contributed by atoms with van der Waals surface area (Å²) in [6.45, 7) is 6.13. The normalized spacial score (nSPS) is 10.9. The van der Waals surface area contributed by atoms with Crippen LogP contribution in [-0.2, 0) is 9.53 Å². The molecule has 0 heterocycles. The smallest absolute Gasteiger partial charge is 0.349 e. The second-order valence-corrected chi connectivity index (χ2v) is 3.25. The van der Waals surface area contributed by atoms with Gasteiger partial charge in [0.1, 0.15) is 11.6 Å². The molecule has 0 aliphatic rings. The molecule has 0 aromatic heterocycles. The van der Waals surface area contributed by atoms with E-state index in [1.165, 1.54) is 13.8 Å². The first-order chi connectivity index (χ1) is 4.83. The van der Waals surface area contributed by atoms with Gasteiger partial charge in [-0.15, -0.1) is 0 Å². The van der Waals surface area contributed by atoms with E-state index in [4.69, 9.17) is 16.7 Å². The zero-order valence-electron chi connectivity index (χ0n) is 6.56. The molecule has 0 unspecified atom stereocenters. The number of rotatable bonds is 3. The number of aliphatic hydroxyl groups is 1. The van der Waals surface area contributed by atoms with Crippen molar-refractivity contribution in [2.24, 2.45) is 0 Å². The van der Waals surface area contributed by atoms with Crippen molar-refractivity contribution in [3.05, 3.63) is 11.6 Å². The lowest BCUT2D eigenvalue weighted by Gasteiger charge is -2.16. The Kier molecular flexibility index (Phi) is 3.55. The van der Waals surface area contributed by atoms with E-state index in [1.54, 1.807) is 0 Å². The number of ether oxygens (including phenoxy) is 1. The molecule has 0 bridgehead atoms. The first kappa shape index (κ1) is 10.5. The summed E-state index contributed by atoms with van der Waals surface area (Å²) in [6, 6.07) is 0. The van der Waals surface area contributed by atoms with Crippen LogP contribution in [0.15, 0.2) is 11.6 Å². The molecule has 3 nitrogen and oxygen atoms in total. The van der Waals surface area contributed by atoms with Gasteiger partial charge in [-0.25, -0.2) is 4.79 Å². The van der Waals surface area contributed by atoms with E-state index in [9.17, 15) is 4.79 Å². The zero-order valence-corrected chi connectivity index (χ0v) is 7.31. The predicted molar refractivity (Wildman–Crippen MR) is 42.2 cm³/mol. The van der Waals surface area contributed by atoms with Crippen LogP contribution in [0.2, 0.25) is 0 Å². The Bertz CT molecular complexity index is 169. The van der Waals surface area contributed by atoms with Crippen molar-refractivity contribution >= 4 is 17.6 Å². The van der Waals surface area contributed by atoms with Gasteiger partial charge in [-0.2, -0.15) is 0 Å². The summed E-state index contributed by atoms with van der Waals surface area (Å²) in [5.41, 5.74) is -1.03. The van der Waals surface area contributed by atoms with Crippen molar-refractivity contribution in [3.8, 4) is 0 Å². The van der Waals surface area contributed by atoms with Gasteiger partial charge in [0.25, 0.3) is 0 Å². The van der Waals surface area contributed by atoms with Crippen LogP contribution in [0.4, 0.5) is 0 Å². The summed E-state index contributed by atoms with van der Waals surface area (Å²) in [5.74, 6) is -0.700. The molecule has 0 rings (SSSR count). The van der Waals surface area contributed by atoms with Crippen molar-refractivity contribution in [2.75, 3.05) is 6.61 Å². The van der Waals surface area contributed by atoms with Gasteiger partial charge in [-0.05, 0) is 13.8 Å². The van der Waals surface area contributed by atoms with Crippen LogP contribution in [0.5, 0.6) is 0 Å². The third kappa shape index (κ3) is 5.88. The van der Waals surface area contributed by atoms with Crippen molar-refractivity contribution in [2.45, 2.75) is 19.4 Å². The SMILES string of the molecule is C=C(Cl)C(=O)OCC(C)(C)O. The maximum atomic E-state index is 10.6. The molecule has 0 atom stereocenters. The van der Waals surface area contributed by atoms with E-state index in [-0.39, 0.29) is 11.6 Å². The number of halogens is 1. The molecule has 0 aliphatic carbocycles. The molecule has 4 heteroatoms. The topological polar surface area (TPSA) is 46.5 Å². The lowest BCUT2D eigenvalue weighted by Crippen LogP contribution is -2.27. The Morgan fingerprint density at radius 3 is 2.45 bits per heavy atom. The summed E-state index contributed by atoms with van der Waals surface area (Å²) in [5, 5.41) is 8.91. The standard InChI is InChI=1S/C7H11ClO3/c1-5(8)6(9)11-4-7(2,3)10/h10H,1,4H2,2-3H3. The molecule has 0 saturated heterocycles. The van der Waals surface area contributed by atoms with Crippen LogP contribution in [0, 0.1) is 0 Å². The largest absolute Gasteiger partial charge is 0.458 e. The van der Waals surface area contributed by atoms with Crippen molar-refractivity contribution in [1.82, 2.24) is 0 Å². The van der Waals surface area contributed by atoms with Gasteiger partial charge in [0.2, 0.25) is 0 Å². The molecule has 0 amide bonds. The monoisotopic (exact) mass is 178 g/mol. The van der Waals surface area contributed by atoms with Gasteiger partial charge in [-0.1, -0.05) is 18.2 Å². The van der Waals surface area contributed by atoms with Gasteiger partial charge in [0.15, 0.2) is 0 Å². The van der Waals surface area contributed by atoms with E-state index in [1.807, 2.05) is 0 Å². The van der Waals surface area contributed by atoms with E-state index in [0.29, 0.717) is 0 Å². The summed E-state index contributed by atoms with van der Waals surface area (Å²) < 4.78 is 4.55. The Balaban J connectivity index is 3.73. The number of esters is 1. The zero-order chi connectivity index (χ0) is 9.07. The Morgan fingerprint density at radius 1 is 1.73 bits per heavy atom. The fourth-order valence-corrected chi connectivity index (χ4v) is 0.375. The Hall–Kier alpha value is -0.540. The van der Waals surface area contributed by atoms with Gasteiger partial charge in [0, 0.05) is 0 Å². The third-order valence-corrected chi connectivity index (χ3v) is 0.932. The molecule has 1 N–H and O–H groups in total. The molecular weight excluding hydrogens is 168 g/mol. The lowest BCUT2D eigenvalue weighted by molar-refractivity contribution is -0.144. The van der Waals surface area contributed by atoms with Gasteiger partial charge in [-0.3, -0.25) is 0 Å². The van der Waals surface area contributed by atoms with E-state index in [0.717, 1.165) is 0 Å². The average molecular weight is 179 g/mol. The van der Waals surface area contributed by atoms with Crippen LogP contribution in [-0.4, -0.2) is 23.3 Å². The predicted octanol–water partition coefficient (Wildman–Crippen LogP) is 1.05. The quantitative estimate of drug-likeness (QED) is 0.519. The number of carbonyl (C=O) groups is 1. The van der Waals surface area contributed by atoms with Crippen LogP contribution in [0.3, 0.4) is 0 Å². The number of hydrogen-bond acceptors (Lipinski definition) is 3. The summed E-state index contributed by atoms with van der Waals surface area (Å²) in [7, 11) is 0. The van der Waals surface area contributed by atoms with Crippen molar-refractivity contribution in [3.63, 3.8) is 0 Å². The highest BCUT2D eigenvalue weighted by atomic mass is 35.5. The number of hydrogen-bond donors (Lipinski definition) is 1. The van der Waals surface area contributed by atoms with E-state index in [2.05, 4.69) is 11.3 Å². The van der Waals surface area contributed by atoms with Crippen LogP contribution < -0.4 is 0 Å². The van der Waals surface area contributed by atoms with Crippen LogP contribution in [0.25, 0.3) is 0 Å². The lowest BCUT2D eigenvalue weighted by atomic mass is 10.2. The average Bonchev–Trinajstić information content (AvgIpc) is 1.80. The summed E-state index contributed by atoms with van der Waals surface area (Å²) >= 11 is 5.21. The third-order valence-electron chi connectivity index (χ3n) is 0.778. The minimum atomic E-state index is -1.03. The van der Waals surface area contributed by atoms with Gasteiger partial charge in [0.05, 0.1) is 5.60 Å². The second-order valence-electron chi connectivity index (χ2n) is 2.79. The van der Waals surface area contributed by atoms with Crippen LogP contribution >= 0.6 is 11.6 Å². The van der Waals surface area contributed by atoms with Crippen molar-refractivity contribution < 1.29 is 14.6 Å². The van der Waals surface area contributed by atoms with Crippen molar-refractivity contribution in [1.29, 1.82) is 0 Å². The number of carbonyl (C=O) groups excluding carboxylic acids is 1. The van der Waals surface area contributed by atoms with Crippen LogP contribution in [0.1, 0.15) is 13.8 Å². The highest BCUT2D eigenvalue weighted by Crippen LogP contribution is 2.05. The highest BCUT2D eigenvalue weighted by Gasteiger charge is 2.16. The molecule has 0 saturated carbocycles.